The van der Waals surface area contributed by atoms with Gasteiger partial charge in [0.1, 0.15) is 5.82 Å². The van der Waals surface area contributed by atoms with Crippen molar-refractivity contribution in [3.8, 4) is 0 Å². The van der Waals surface area contributed by atoms with E-state index in [1.807, 2.05) is 20.2 Å². The van der Waals surface area contributed by atoms with Crippen LogP contribution in [-0.2, 0) is 7.05 Å². The van der Waals surface area contributed by atoms with Crippen LogP contribution < -0.4 is 5.32 Å². The molecule has 0 amide bonds. The first-order chi connectivity index (χ1) is 8.61. The zero-order valence-corrected chi connectivity index (χ0v) is 10.0. The van der Waals surface area contributed by atoms with Crippen molar-refractivity contribution in [1.29, 1.82) is 0 Å². The van der Waals surface area contributed by atoms with Crippen LogP contribution in [0.1, 0.15) is 5.69 Å². The lowest BCUT2D eigenvalue weighted by Crippen LogP contribution is -1.92. The molecule has 0 unspecified atom stereocenters. The number of anilines is 2. The summed E-state index contributed by atoms with van der Waals surface area (Å²) < 4.78 is 14.8. The van der Waals surface area contributed by atoms with Crippen molar-refractivity contribution < 1.29 is 4.39 Å². The summed E-state index contributed by atoms with van der Waals surface area (Å²) >= 11 is 0. The monoisotopic (exact) mass is 245 g/mol. The van der Waals surface area contributed by atoms with E-state index in [2.05, 4.69) is 20.4 Å². The second-order valence-electron chi connectivity index (χ2n) is 4.17. The average Bonchev–Trinajstić information content (AvgIpc) is 2.82. The van der Waals surface area contributed by atoms with Gasteiger partial charge in [-0.05, 0) is 25.1 Å². The maximum atomic E-state index is 13.1. The largest absolute Gasteiger partial charge is 0.324 e. The third kappa shape index (κ3) is 1.81. The highest BCUT2D eigenvalue weighted by molar-refractivity contribution is 5.78. The molecule has 92 valence electrons. The lowest BCUT2D eigenvalue weighted by Gasteiger charge is -1.98. The van der Waals surface area contributed by atoms with Crippen molar-refractivity contribution in [3.05, 3.63) is 35.9 Å². The Bertz CT molecular complexity index is 712. The van der Waals surface area contributed by atoms with E-state index in [1.165, 1.54) is 12.1 Å². The summed E-state index contributed by atoms with van der Waals surface area (Å²) in [6, 6.07) is 4.45. The Morgan fingerprint density at radius 3 is 2.94 bits per heavy atom. The highest BCUT2D eigenvalue weighted by Gasteiger charge is 2.07. The SMILES string of the molecule is Cc1nn(C)cc1Nc1nc2ccc(F)cc2[nH]1. The Morgan fingerprint density at radius 1 is 1.39 bits per heavy atom. The van der Waals surface area contributed by atoms with Crippen molar-refractivity contribution >= 4 is 22.7 Å². The molecule has 0 spiro atoms. The molecule has 0 aliphatic heterocycles. The third-order valence-corrected chi connectivity index (χ3v) is 2.71. The molecule has 0 aliphatic rings. The van der Waals surface area contributed by atoms with E-state index in [0.29, 0.717) is 11.5 Å². The molecule has 2 N–H and O–H groups in total. The molecule has 18 heavy (non-hydrogen) atoms. The standard InChI is InChI=1S/C12H12FN5/c1-7-11(6-18(2)17-7)16-12-14-9-4-3-8(13)5-10(9)15-12/h3-6H,1-2H3,(H2,14,15,16). The average molecular weight is 245 g/mol. The summed E-state index contributed by atoms with van der Waals surface area (Å²) in [6.45, 7) is 1.91. The number of hydrogen-bond acceptors (Lipinski definition) is 3. The maximum absolute atomic E-state index is 13.1. The van der Waals surface area contributed by atoms with Crippen molar-refractivity contribution in [1.82, 2.24) is 19.7 Å². The summed E-state index contributed by atoms with van der Waals surface area (Å²) in [5.41, 5.74) is 3.14. The quantitative estimate of drug-likeness (QED) is 0.729. The number of aryl methyl sites for hydroxylation is 2. The number of halogens is 1. The van der Waals surface area contributed by atoms with E-state index in [-0.39, 0.29) is 5.82 Å². The van der Waals surface area contributed by atoms with Gasteiger partial charge in [-0.3, -0.25) is 4.68 Å². The Morgan fingerprint density at radius 2 is 2.22 bits per heavy atom. The number of hydrogen-bond donors (Lipinski definition) is 2. The molecule has 3 aromatic rings. The van der Waals surface area contributed by atoms with Crippen LogP contribution in [0.25, 0.3) is 11.0 Å². The molecule has 0 bridgehead atoms. The molecule has 3 rings (SSSR count). The van der Waals surface area contributed by atoms with E-state index in [4.69, 9.17) is 0 Å². The minimum absolute atomic E-state index is 0.282. The van der Waals surface area contributed by atoms with Crippen LogP contribution in [0.2, 0.25) is 0 Å². The minimum atomic E-state index is -0.282. The van der Waals surface area contributed by atoms with Gasteiger partial charge in [0, 0.05) is 13.2 Å². The van der Waals surface area contributed by atoms with Gasteiger partial charge < -0.3 is 10.3 Å². The summed E-state index contributed by atoms with van der Waals surface area (Å²) in [5, 5.41) is 7.36. The molecule has 0 atom stereocenters. The summed E-state index contributed by atoms with van der Waals surface area (Å²) in [7, 11) is 1.85. The molecule has 1 aromatic carbocycles. The molecule has 0 saturated heterocycles. The van der Waals surface area contributed by atoms with Gasteiger partial charge in [-0.15, -0.1) is 0 Å². The van der Waals surface area contributed by atoms with Crippen molar-refractivity contribution in [2.75, 3.05) is 5.32 Å². The fourth-order valence-corrected chi connectivity index (χ4v) is 1.89. The molecule has 2 heterocycles. The molecular weight excluding hydrogens is 233 g/mol. The number of nitrogens with one attached hydrogen (secondary N) is 2. The van der Waals surface area contributed by atoms with E-state index in [1.54, 1.807) is 10.7 Å². The lowest BCUT2D eigenvalue weighted by atomic mass is 10.3. The van der Waals surface area contributed by atoms with E-state index in [0.717, 1.165) is 16.9 Å². The van der Waals surface area contributed by atoms with Crippen LogP contribution in [0, 0.1) is 12.7 Å². The van der Waals surface area contributed by atoms with Gasteiger partial charge in [0.15, 0.2) is 0 Å². The third-order valence-electron chi connectivity index (χ3n) is 2.71. The number of benzene rings is 1. The van der Waals surface area contributed by atoms with Gasteiger partial charge >= 0.3 is 0 Å². The predicted octanol–water partition coefficient (Wildman–Crippen LogP) is 2.49. The first kappa shape index (κ1) is 10.8. The number of fused-ring (bicyclic) bond motifs is 1. The van der Waals surface area contributed by atoms with Crippen LogP contribution in [-0.4, -0.2) is 19.7 Å². The first-order valence-corrected chi connectivity index (χ1v) is 5.54. The molecule has 0 saturated carbocycles. The summed E-state index contributed by atoms with van der Waals surface area (Å²) in [5.74, 6) is 0.293. The summed E-state index contributed by atoms with van der Waals surface area (Å²) in [4.78, 5) is 7.35. The molecule has 6 heteroatoms. The van der Waals surface area contributed by atoms with E-state index < -0.39 is 0 Å². The van der Waals surface area contributed by atoms with Gasteiger partial charge in [-0.2, -0.15) is 5.10 Å². The molecule has 0 fully saturated rings. The number of aromatic amines is 1. The van der Waals surface area contributed by atoms with Crippen LogP contribution in [0.5, 0.6) is 0 Å². The number of H-pyrrole nitrogens is 1. The van der Waals surface area contributed by atoms with Gasteiger partial charge in [-0.25, -0.2) is 9.37 Å². The second-order valence-corrected chi connectivity index (χ2v) is 4.17. The highest BCUT2D eigenvalue weighted by Crippen LogP contribution is 2.20. The van der Waals surface area contributed by atoms with Crippen LogP contribution >= 0.6 is 0 Å². The molecule has 0 aliphatic carbocycles. The normalized spacial score (nSPS) is 11.1. The van der Waals surface area contributed by atoms with Gasteiger partial charge in [0.25, 0.3) is 0 Å². The molecule has 5 nitrogen and oxygen atoms in total. The fraction of sp³-hybridized carbons (Fsp3) is 0.167. The summed E-state index contributed by atoms with van der Waals surface area (Å²) in [6.07, 6.45) is 1.86. The van der Waals surface area contributed by atoms with Crippen molar-refractivity contribution in [2.45, 2.75) is 6.92 Å². The number of aromatic nitrogens is 4. The van der Waals surface area contributed by atoms with E-state index >= 15 is 0 Å². The maximum Gasteiger partial charge on any atom is 0.205 e. The van der Waals surface area contributed by atoms with Gasteiger partial charge in [0.2, 0.25) is 5.95 Å². The van der Waals surface area contributed by atoms with Crippen LogP contribution in [0.3, 0.4) is 0 Å². The topological polar surface area (TPSA) is 58.5 Å². The van der Waals surface area contributed by atoms with Crippen LogP contribution in [0.4, 0.5) is 16.0 Å². The number of imidazole rings is 1. The minimum Gasteiger partial charge on any atom is -0.324 e. The molecule has 0 radical (unpaired) electrons. The van der Waals surface area contributed by atoms with E-state index in [9.17, 15) is 4.39 Å². The Kier molecular flexibility index (Phi) is 2.29. The predicted molar refractivity (Wildman–Crippen MR) is 67.3 cm³/mol. The Labute approximate surface area is 103 Å². The number of rotatable bonds is 2. The Balaban J connectivity index is 1.97. The molecule has 2 aromatic heterocycles. The fourth-order valence-electron chi connectivity index (χ4n) is 1.89. The van der Waals surface area contributed by atoms with Crippen molar-refractivity contribution in [2.24, 2.45) is 7.05 Å². The number of nitrogens with zero attached hydrogens (tertiary/aromatic N) is 3. The van der Waals surface area contributed by atoms with Crippen molar-refractivity contribution in [3.63, 3.8) is 0 Å². The lowest BCUT2D eigenvalue weighted by molar-refractivity contribution is 0.629. The van der Waals surface area contributed by atoms with Crippen LogP contribution in [0.15, 0.2) is 24.4 Å². The zero-order valence-electron chi connectivity index (χ0n) is 10.0. The molecular formula is C12H12FN5. The van der Waals surface area contributed by atoms with Gasteiger partial charge in [0.05, 0.1) is 22.4 Å². The van der Waals surface area contributed by atoms with Gasteiger partial charge in [-0.1, -0.05) is 0 Å². The smallest absolute Gasteiger partial charge is 0.205 e. The Hall–Kier alpha value is -2.37. The second kappa shape index (κ2) is 3.83. The highest BCUT2D eigenvalue weighted by atomic mass is 19.1. The zero-order chi connectivity index (χ0) is 12.7. The first-order valence-electron chi connectivity index (χ1n) is 5.54.